The van der Waals surface area contributed by atoms with Crippen LogP contribution in [0.15, 0.2) is 23.1 Å². The number of carbonyl (C=O) groups excluding carboxylic acids is 1. The van der Waals surface area contributed by atoms with Crippen LogP contribution in [0.25, 0.3) is 0 Å². The van der Waals surface area contributed by atoms with Gasteiger partial charge in [0, 0.05) is 20.2 Å². The number of benzene rings is 1. The molecular weight excluding hydrogens is 217 g/mol. The Morgan fingerprint density at radius 3 is 2.67 bits per heavy atom. The van der Waals surface area contributed by atoms with Gasteiger partial charge in [-0.15, -0.1) is 11.8 Å². The lowest BCUT2D eigenvalue weighted by molar-refractivity contribution is 0.170. The highest BCUT2D eigenvalue weighted by Crippen LogP contribution is 2.28. The van der Waals surface area contributed by atoms with Crippen LogP contribution in [0.3, 0.4) is 0 Å². The van der Waals surface area contributed by atoms with Crippen molar-refractivity contribution in [1.82, 2.24) is 4.90 Å². The first-order valence-electron chi connectivity index (χ1n) is 4.27. The summed E-state index contributed by atoms with van der Waals surface area (Å²) in [6.45, 7) is 0. The molecule has 1 aromatic rings. The summed E-state index contributed by atoms with van der Waals surface area (Å²) in [5, 5.41) is 0. The van der Waals surface area contributed by atoms with Crippen molar-refractivity contribution in [3.63, 3.8) is 0 Å². The predicted octanol–water partition coefficient (Wildman–Crippen LogP) is 2.61. The topological polar surface area (TPSA) is 29.5 Å². The molecular formula is C10H12FNO2S. The van der Waals surface area contributed by atoms with Gasteiger partial charge in [0.25, 0.3) is 0 Å². The van der Waals surface area contributed by atoms with Crippen LogP contribution in [0.4, 0.5) is 9.18 Å². The van der Waals surface area contributed by atoms with Crippen molar-refractivity contribution in [3.8, 4) is 5.75 Å². The first kappa shape index (κ1) is 11.8. The van der Waals surface area contributed by atoms with Crippen LogP contribution >= 0.6 is 11.8 Å². The minimum Gasteiger partial charge on any atom is -0.409 e. The number of carbonyl (C=O) groups is 1. The van der Waals surface area contributed by atoms with Gasteiger partial charge in [0.1, 0.15) is 11.6 Å². The van der Waals surface area contributed by atoms with E-state index < -0.39 is 11.9 Å². The molecule has 0 heterocycles. The summed E-state index contributed by atoms with van der Waals surface area (Å²) in [6, 6.07) is 4.12. The third-order valence-electron chi connectivity index (χ3n) is 1.69. The average molecular weight is 229 g/mol. The van der Waals surface area contributed by atoms with E-state index in [0.717, 1.165) is 4.90 Å². The molecule has 3 nitrogen and oxygen atoms in total. The van der Waals surface area contributed by atoms with Gasteiger partial charge in [0.15, 0.2) is 0 Å². The molecule has 15 heavy (non-hydrogen) atoms. The highest BCUT2D eigenvalue weighted by Gasteiger charge is 2.11. The van der Waals surface area contributed by atoms with Crippen molar-refractivity contribution < 1.29 is 13.9 Å². The number of thioether (sulfide) groups is 1. The van der Waals surface area contributed by atoms with Crippen molar-refractivity contribution in [3.05, 3.63) is 24.0 Å². The van der Waals surface area contributed by atoms with E-state index in [1.807, 2.05) is 6.26 Å². The smallest absolute Gasteiger partial charge is 0.409 e. The van der Waals surface area contributed by atoms with E-state index in [-0.39, 0.29) is 5.75 Å². The Morgan fingerprint density at radius 1 is 1.47 bits per heavy atom. The van der Waals surface area contributed by atoms with E-state index in [0.29, 0.717) is 0 Å². The van der Waals surface area contributed by atoms with Crippen LogP contribution in [0.5, 0.6) is 5.75 Å². The van der Waals surface area contributed by atoms with E-state index in [1.54, 1.807) is 20.2 Å². The van der Waals surface area contributed by atoms with Crippen LogP contribution < -0.4 is 4.74 Å². The molecule has 0 radical (unpaired) electrons. The number of hydrogen-bond acceptors (Lipinski definition) is 3. The fourth-order valence-electron chi connectivity index (χ4n) is 0.916. The zero-order valence-corrected chi connectivity index (χ0v) is 9.60. The lowest BCUT2D eigenvalue weighted by Crippen LogP contribution is -2.25. The highest BCUT2D eigenvalue weighted by molar-refractivity contribution is 7.98. The van der Waals surface area contributed by atoms with Gasteiger partial charge < -0.3 is 9.64 Å². The van der Waals surface area contributed by atoms with Gasteiger partial charge in [0.05, 0.1) is 4.90 Å². The summed E-state index contributed by atoms with van der Waals surface area (Å²) in [5.41, 5.74) is 0. The molecule has 0 fully saturated rings. The molecule has 0 atom stereocenters. The molecule has 0 bridgehead atoms. The molecule has 0 aliphatic heterocycles. The van der Waals surface area contributed by atoms with Gasteiger partial charge in [-0.1, -0.05) is 0 Å². The maximum Gasteiger partial charge on any atom is 0.414 e. The van der Waals surface area contributed by atoms with Crippen LogP contribution in [-0.2, 0) is 0 Å². The van der Waals surface area contributed by atoms with Crippen molar-refractivity contribution in [2.45, 2.75) is 4.90 Å². The molecule has 1 aromatic carbocycles. The van der Waals surface area contributed by atoms with Gasteiger partial charge in [0.2, 0.25) is 0 Å². The normalized spacial score (nSPS) is 9.87. The van der Waals surface area contributed by atoms with E-state index in [1.165, 1.54) is 28.8 Å². The molecule has 0 N–H and O–H groups in total. The van der Waals surface area contributed by atoms with E-state index in [9.17, 15) is 9.18 Å². The van der Waals surface area contributed by atoms with Crippen LogP contribution in [0, 0.1) is 5.82 Å². The molecule has 0 saturated carbocycles. The van der Waals surface area contributed by atoms with Crippen LogP contribution in [0.1, 0.15) is 0 Å². The Balaban J connectivity index is 2.92. The maximum absolute atomic E-state index is 12.9. The molecule has 0 unspecified atom stereocenters. The average Bonchev–Trinajstić information content (AvgIpc) is 2.18. The third kappa shape index (κ3) is 3.13. The van der Waals surface area contributed by atoms with Gasteiger partial charge in [-0.05, 0) is 18.4 Å². The van der Waals surface area contributed by atoms with Crippen LogP contribution in [-0.4, -0.2) is 31.3 Å². The lowest BCUT2D eigenvalue weighted by Gasteiger charge is -2.12. The molecule has 0 saturated heterocycles. The standard InChI is InChI=1S/C10H12FNO2S/c1-12(2)10(13)14-8-6-7(11)4-5-9(8)15-3/h4-6H,1-3H3. The molecule has 1 amide bonds. The van der Waals surface area contributed by atoms with Crippen molar-refractivity contribution >= 4 is 17.9 Å². The molecule has 0 aliphatic rings. The largest absolute Gasteiger partial charge is 0.414 e. The molecule has 0 aromatic heterocycles. The lowest BCUT2D eigenvalue weighted by atomic mass is 10.3. The van der Waals surface area contributed by atoms with Gasteiger partial charge in [-0.2, -0.15) is 0 Å². The summed E-state index contributed by atoms with van der Waals surface area (Å²) in [7, 11) is 3.14. The second kappa shape index (κ2) is 5.02. The number of nitrogens with zero attached hydrogens (tertiary/aromatic N) is 1. The molecule has 0 aliphatic carbocycles. The quantitative estimate of drug-likeness (QED) is 0.730. The summed E-state index contributed by atoms with van der Waals surface area (Å²) >= 11 is 1.40. The molecule has 1 rings (SSSR count). The summed E-state index contributed by atoms with van der Waals surface area (Å²) in [6.07, 6.45) is 1.32. The molecule has 82 valence electrons. The van der Waals surface area contributed by atoms with Crippen LogP contribution in [0.2, 0.25) is 0 Å². The third-order valence-corrected chi connectivity index (χ3v) is 2.47. The number of amides is 1. The second-order valence-electron chi connectivity index (χ2n) is 3.06. The Labute approximate surface area is 92.2 Å². The summed E-state index contributed by atoms with van der Waals surface area (Å²) in [5.74, 6) is -0.171. The molecule has 5 heteroatoms. The second-order valence-corrected chi connectivity index (χ2v) is 3.91. The van der Waals surface area contributed by atoms with E-state index in [2.05, 4.69) is 0 Å². The summed E-state index contributed by atoms with van der Waals surface area (Å²) < 4.78 is 17.9. The fraction of sp³-hybridized carbons (Fsp3) is 0.300. The Hall–Kier alpha value is -1.23. The van der Waals surface area contributed by atoms with E-state index >= 15 is 0 Å². The zero-order chi connectivity index (χ0) is 11.4. The maximum atomic E-state index is 12.9. The predicted molar refractivity (Wildman–Crippen MR) is 57.9 cm³/mol. The zero-order valence-electron chi connectivity index (χ0n) is 8.78. The van der Waals surface area contributed by atoms with Crippen molar-refractivity contribution in [1.29, 1.82) is 0 Å². The minimum absolute atomic E-state index is 0.251. The molecule has 0 spiro atoms. The summed E-state index contributed by atoms with van der Waals surface area (Å²) in [4.78, 5) is 13.3. The number of halogens is 1. The monoisotopic (exact) mass is 229 g/mol. The van der Waals surface area contributed by atoms with Gasteiger partial charge >= 0.3 is 6.09 Å². The van der Waals surface area contributed by atoms with Gasteiger partial charge in [-0.25, -0.2) is 9.18 Å². The number of rotatable bonds is 2. The fourth-order valence-corrected chi connectivity index (χ4v) is 1.42. The van der Waals surface area contributed by atoms with Gasteiger partial charge in [-0.3, -0.25) is 0 Å². The SMILES string of the molecule is CSc1ccc(F)cc1OC(=O)N(C)C. The Morgan fingerprint density at radius 2 is 2.13 bits per heavy atom. The Bertz CT molecular complexity index is 368. The highest BCUT2D eigenvalue weighted by atomic mass is 32.2. The Kier molecular flexibility index (Phi) is 3.96. The first-order valence-corrected chi connectivity index (χ1v) is 5.49. The number of ether oxygens (including phenoxy) is 1. The van der Waals surface area contributed by atoms with E-state index in [4.69, 9.17) is 4.74 Å². The van der Waals surface area contributed by atoms with Crippen molar-refractivity contribution in [2.24, 2.45) is 0 Å². The minimum atomic E-state index is -0.518. The number of hydrogen-bond donors (Lipinski definition) is 0. The van der Waals surface area contributed by atoms with Crippen molar-refractivity contribution in [2.75, 3.05) is 20.4 Å². The first-order chi connectivity index (χ1) is 7.04.